The minimum atomic E-state index is -0.309. The molecule has 0 saturated heterocycles. The van der Waals surface area contributed by atoms with Crippen LogP contribution in [0.2, 0.25) is 0 Å². The Bertz CT molecular complexity index is 1160. The average Bonchev–Trinajstić information content (AvgIpc) is 3.06. The zero-order valence-electron chi connectivity index (χ0n) is 15.6. The lowest BCUT2D eigenvalue weighted by Gasteiger charge is -2.13. The van der Waals surface area contributed by atoms with Gasteiger partial charge in [0, 0.05) is 24.2 Å². The molecule has 2 aromatic heterocycles. The molecule has 0 bridgehead atoms. The van der Waals surface area contributed by atoms with E-state index in [1.165, 1.54) is 9.36 Å². The lowest BCUT2D eigenvalue weighted by Crippen LogP contribution is -2.23. The highest BCUT2D eigenvalue weighted by Gasteiger charge is 2.14. The van der Waals surface area contributed by atoms with Crippen LogP contribution in [-0.4, -0.2) is 24.8 Å². The SMILES string of the molecule is Cc1cccc(-n2nnn(C)c2=O)c1COc1cccc(-c2ccccc2)n1. The molecule has 140 valence electrons. The average molecular weight is 373 g/mol. The molecule has 2 aromatic carbocycles. The summed E-state index contributed by atoms with van der Waals surface area (Å²) >= 11 is 0. The van der Waals surface area contributed by atoms with Crippen molar-refractivity contribution in [3.8, 4) is 22.8 Å². The van der Waals surface area contributed by atoms with Gasteiger partial charge in [-0.15, -0.1) is 0 Å². The van der Waals surface area contributed by atoms with E-state index in [1.54, 1.807) is 7.05 Å². The predicted octanol–water partition coefficient (Wildman–Crippen LogP) is 2.92. The fraction of sp³-hybridized carbons (Fsp3) is 0.143. The Morgan fingerprint density at radius 3 is 2.46 bits per heavy atom. The fourth-order valence-electron chi connectivity index (χ4n) is 2.95. The second kappa shape index (κ2) is 7.48. The first kappa shape index (κ1) is 17.7. The van der Waals surface area contributed by atoms with Crippen molar-refractivity contribution in [2.24, 2.45) is 7.05 Å². The van der Waals surface area contributed by atoms with E-state index in [4.69, 9.17) is 4.74 Å². The van der Waals surface area contributed by atoms with Gasteiger partial charge in [-0.2, -0.15) is 9.36 Å². The van der Waals surface area contributed by atoms with Gasteiger partial charge in [0.2, 0.25) is 5.88 Å². The first-order valence-corrected chi connectivity index (χ1v) is 8.86. The van der Waals surface area contributed by atoms with Gasteiger partial charge in [0.25, 0.3) is 0 Å². The van der Waals surface area contributed by atoms with Gasteiger partial charge in [-0.25, -0.2) is 9.78 Å². The van der Waals surface area contributed by atoms with Gasteiger partial charge in [0.15, 0.2) is 0 Å². The van der Waals surface area contributed by atoms with Crippen LogP contribution in [0.15, 0.2) is 71.5 Å². The molecule has 2 heterocycles. The molecule has 0 aliphatic carbocycles. The van der Waals surface area contributed by atoms with Crippen LogP contribution in [0.4, 0.5) is 0 Å². The molecule has 0 atom stereocenters. The second-order valence-electron chi connectivity index (χ2n) is 6.39. The zero-order valence-corrected chi connectivity index (χ0v) is 15.6. The van der Waals surface area contributed by atoms with Crippen molar-refractivity contribution in [2.75, 3.05) is 0 Å². The Morgan fingerprint density at radius 2 is 1.71 bits per heavy atom. The minimum absolute atomic E-state index is 0.260. The first-order chi connectivity index (χ1) is 13.6. The van der Waals surface area contributed by atoms with E-state index < -0.39 is 0 Å². The topological polar surface area (TPSA) is 74.8 Å². The Balaban J connectivity index is 1.63. The van der Waals surface area contributed by atoms with Gasteiger partial charge in [0.05, 0.1) is 11.4 Å². The molecule has 0 aliphatic rings. The van der Waals surface area contributed by atoms with E-state index in [1.807, 2.05) is 73.7 Å². The molecule has 0 radical (unpaired) electrons. The maximum Gasteiger partial charge on any atom is 0.368 e. The van der Waals surface area contributed by atoms with Gasteiger partial charge in [0.1, 0.15) is 6.61 Å². The number of ether oxygens (including phenoxy) is 1. The van der Waals surface area contributed by atoms with Gasteiger partial charge >= 0.3 is 5.69 Å². The molecule has 0 N–H and O–H groups in total. The number of aryl methyl sites for hydroxylation is 2. The summed E-state index contributed by atoms with van der Waals surface area (Å²) in [6, 6.07) is 21.3. The highest BCUT2D eigenvalue weighted by Crippen LogP contribution is 2.22. The molecule has 0 spiro atoms. The molecule has 0 amide bonds. The van der Waals surface area contributed by atoms with Crippen LogP contribution in [-0.2, 0) is 13.7 Å². The van der Waals surface area contributed by atoms with E-state index in [-0.39, 0.29) is 12.3 Å². The number of hydrogen-bond acceptors (Lipinski definition) is 5. The number of hydrogen-bond donors (Lipinski definition) is 0. The molecule has 0 saturated carbocycles. The molecule has 7 nitrogen and oxygen atoms in total. The summed E-state index contributed by atoms with van der Waals surface area (Å²) in [5, 5.41) is 7.73. The molecule has 4 rings (SSSR count). The molecular weight excluding hydrogens is 354 g/mol. The number of aromatic nitrogens is 5. The number of nitrogens with zero attached hydrogens (tertiary/aromatic N) is 5. The van der Waals surface area contributed by atoms with E-state index in [0.29, 0.717) is 11.6 Å². The maximum atomic E-state index is 12.3. The van der Waals surface area contributed by atoms with Crippen LogP contribution in [0.5, 0.6) is 5.88 Å². The summed E-state index contributed by atoms with van der Waals surface area (Å²) in [4.78, 5) is 16.8. The smallest absolute Gasteiger partial charge is 0.368 e. The summed E-state index contributed by atoms with van der Waals surface area (Å²) < 4.78 is 8.43. The largest absolute Gasteiger partial charge is 0.473 e. The molecule has 0 fully saturated rings. The third-order valence-electron chi connectivity index (χ3n) is 4.49. The summed E-state index contributed by atoms with van der Waals surface area (Å²) in [6.45, 7) is 2.23. The van der Waals surface area contributed by atoms with Crippen LogP contribution in [0.1, 0.15) is 11.1 Å². The van der Waals surface area contributed by atoms with Crippen molar-refractivity contribution in [2.45, 2.75) is 13.5 Å². The van der Waals surface area contributed by atoms with Gasteiger partial charge in [-0.05, 0) is 35.0 Å². The summed E-state index contributed by atoms with van der Waals surface area (Å²) in [6.07, 6.45) is 0. The Morgan fingerprint density at radius 1 is 0.929 bits per heavy atom. The van der Waals surface area contributed by atoms with Crippen LogP contribution in [0.3, 0.4) is 0 Å². The van der Waals surface area contributed by atoms with Crippen molar-refractivity contribution >= 4 is 0 Å². The lowest BCUT2D eigenvalue weighted by atomic mass is 10.1. The van der Waals surface area contributed by atoms with Crippen molar-refractivity contribution < 1.29 is 4.74 Å². The van der Waals surface area contributed by atoms with Crippen LogP contribution >= 0.6 is 0 Å². The van der Waals surface area contributed by atoms with E-state index in [2.05, 4.69) is 15.4 Å². The number of benzene rings is 2. The molecule has 4 aromatic rings. The second-order valence-corrected chi connectivity index (χ2v) is 6.39. The van der Waals surface area contributed by atoms with Crippen molar-refractivity contribution in [3.63, 3.8) is 0 Å². The van der Waals surface area contributed by atoms with Crippen LogP contribution in [0.25, 0.3) is 16.9 Å². The fourth-order valence-corrected chi connectivity index (χ4v) is 2.95. The summed E-state index contributed by atoms with van der Waals surface area (Å²) in [7, 11) is 1.57. The molecule has 7 heteroatoms. The highest BCUT2D eigenvalue weighted by atomic mass is 16.5. The third kappa shape index (κ3) is 3.42. The normalized spacial score (nSPS) is 10.8. The van der Waals surface area contributed by atoms with Gasteiger partial charge < -0.3 is 4.74 Å². The van der Waals surface area contributed by atoms with E-state index in [0.717, 1.165) is 22.4 Å². The molecule has 28 heavy (non-hydrogen) atoms. The molecule has 0 aliphatic heterocycles. The Kier molecular flexibility index (Phi) is 4.72. The lowest BCUT2D eigenvalue weighted by molar-refractivity contribution is 0.293. The van der Waals surface area contributed by atoms with Crippen LogP contribution in [0, 0.1) is 6.92 Å². The van der Waals surface area contributed by atoms with Crippen molar-refractivity contribution in [3.05, 3.63) is 88.3 Å². The number of tetrazole rings is 1. The van der Waals surface area contributed by atoms with Crippen LogP contribution < -0.4 is 10.4 Å². The maximum absolute atomic E-state index is 12.3. The summed E-state index contributed by atoms with van der Waals surface area (Å²) in [5.41, 5.74) is 4.06. The van der Waals surface area contributed by atoms with E-state index in [9.17, 15) is 4.79 Å². The quantitative estimate of drug-likeness (QED) is 0.538. The summed E-state index contributed by atoms with van der Waals surface area (Å²) in [5.74, 6) is 0.516. The molecular formula is C21H19N5O2. The monoisotopic (exact) mass is 373 g/mol. The number of pyridine rings is 1. The van der Waals surface area contributed by atoms with Crippen molar-refractivity contribution in [1.82, 2.24) is 24.8 Å². The van der Waals surface area contributed by atoms with Gasteiger partial charge in [-0.3, -0.25) is 0 Å². The highest BCUT2D eigenvalue weighted by molar-refractivity contribution is 5.59. The standard InChI is InChI=1S/C21H19N5O2/c1-15-8-6-12-19(26-21(27)25(2)23-24-26)17(15)14-28-20-13-7-11-18(22-20)16-9-4-3-5-10-16/h3-13H,14H2,1-2H3. The first-order valence-electron chi connectivity index (χ1n) is 8.86. The number of rotatable bonds is 5. The van der Waals surface area contributed by atoms with Crippen molar-refractivity contribution in [1.29, 1.82) is 0 Å². The van der Waals surface area contributed by atoms with Gasteiger partial charge in [-0.1, -0.05) is 48.5 Å². The zero-order chi connectivity index (χ0) is 19.5. The Hall–Kier alpha value is -3.74. The molecule has 0 unspecified atom stereocenters. The predicted molar refractivity (Wildman–Crippen MR) is 105 cm³/mol. The Labute approximate surface area is 161 Å². The minimum Gasteiger partial charge on any atom is -0.473 e. The van der Waals surface area contributed by atoms with E-state index >= 15 is 0 Å². The third-order valence-corrected chi connectivity index (χ3v) is 4.49.